The maximum atomic E-state index is 11.5. The molecule has 0 amide bonds. The number of hydrogen-bond acceptors (Lipinski definition) is 2. The Labute approximate surface area is 83.6 Å². The van der Waals surface area contributed by atoms with E-state index < -0.39 is 0 Å². The molecule has 14 heavy (non-hydrogen) atoms. The van der Waals surface area contributed by atoms with Crippen molar-refractivity contribution < 1.29 is 0 Å². The Kier molecular flexibility index (Phi) is 2.66. The van der Waals surface area contributed by atoms with Crippen molar-refractivity contribution in [1.82, 2.24) is 9.97 Å². The minimum atomic E-state index is -0.00778. The van der Waals surface area contributed by atoms with Crippen LogP contribution in [0.15, 0.2) is 17.2 Å². The second-order valence-electron chi connectivity index (χ2n) is 4.27. The van der Waals surface area contributed by atoms with Crippen molar-refractivity contribution in [3.8, 4) is 0 Å². The molecule has 2 atom stereocenters. The summed E-state index contributed by atoms with van der Waals surface area (Å²) in [6.45, 7) is 2.25. The highest BCUT2D eigenvalue weighted by Gasteiger charge is 2.23. The number of hydrogen-bond donors (Lipinski definition) is 1. The maximum absolute atomic E-state index is 11.5. The Morgan fingerprint density at radius 2 is 2.36 bits per heavy atom. The summed E-state index contributed by atoms with van der Waals surface area (Å²) in [5, 5.41) is 0. The first-order valence-corrected chi connectivity index (χ1v) is 5.31. The summed E-state index contributed by atoms with van der Waals surface area (Å²) in [6, 6.07) is 0. The number of rotatable bonds is 1. The first-order chi connectivity index (χ1) is 6.77. The van der Waals surface area contributed by atoms with Gasteiger partial charge in [-0.15, -0.1) is 0 Å². The van der Waals surface area contributed by atoms with Crippen molar-refractivity contribution in [2.24, 2.45) is 5.92 Å². The molecule has 1 aliphatic rings. The standard InChI is InChI=1S/C11H16N2O/c1-8-3-2-4-9(7-8)10-11(14)13-6-5-12-10/h5-6,8-9H,2-4,7H2,1H3,(H,13,14). The third kappa shape index (κ3) is 1.86. The highest BCUT2D eigenvalue weighted by molar-refractivity contribution is 5.05. The van der Waals surface area contributed by atoms with Gasteiger partial charge in [-0.1, -0.05) is 19.8 Å². The number of aromatic amines is 1. The van der Waals surface area contributed by atoms with Crippen LogP contribution in [0.25, 0.3) is 0 Å². The molecule has 3 heteroatoms. The fraction of sp³-hybridized carbons (Fsp3) is 0.636. The number of H-pyrrole nitrogens is 1. The van der Waals surface area contributed by atoms with Crippen molar-refractivity contribution in [1.29, 1.82) is 0 Å². The molecular weight excluding hydrogens is 176 g/mol. The lowest BCUT2D eigenvalue weighted by molar-refractivity contribution is 0.338. The van der Waals surface area contributed by atoms with Gasteiger partial charge in [0.25, 0.3) is 5.56 Å². The summed E-state index contributed by atoms with van der Waals surface area (Å²) in [6.07, 6.45) is 8.02. The molecule has 1 heterocycles. The van der Waals surface area contributed by atoms with Crippen LogP contribution in [0.3, 0.4) is 0 Å². The van der Waals surface area contributed by atoms with Crippen molar-refractivity contribution in [3.05, 3.63) is 28.4 Å². The molecule has 0 aromatic carbocycles. The predicted octanol–water partition coefficient (Wildman–Crippen LogP) is 2.06. The van der Waals surface area contributed by atoms with Crippen molar-refractivity contribution in [3.63, 3.8) is 0 Å². The molecule has 0 bridgehead atoms. The average molecular weight is 192 g/mol. The van der Waals surface area contributed by atoms with E-state index in [1.165, 1.54) is 12.8 Å². The van der Waals surface area contributed by atoms with Crippen LogP contribution in [0.4, 0.5) is 0 Å². The zero-order valence-corrected chi connectivity index (χ0v) is 8.49. The van der Waals surface area contributed by atoms with Crippen molar-refractivity contribution in [2.45, 2.75) is 38.5 Å². The predicted molar refractivity (Wildman–Crippen MR) is 55.2 cm³/mol. The minimum absolute atomic E-state index is 0.00778. The van der Waals surface area contributed by atoms with E-state index in [9.17, 15) is 4.79 Å². The van der Waals surface area contributed by atoms with Crippen molar-refractivity contribution in [2.75, 3.05) is 0 Å². The van der Waals surface area contributed by atoms with Gasteiger partial charge < -0.3 is 4.98 Å². The zero-order chi connectivity index (χ0) is 9.97. The van der Waals surface area contributed by atoms with E-state index >= 15 is 0 Å². The fourth-order valence-corrected chi connectivity index (χ4v) is 2.34. The van der Waals surface area contributed by atoms with Crippen LogP contribution >= 0.6 is 0 Å². The van der Waals surface area contributed by atoms with Crippen LogP contribution in [-0.2, 0) is 0 Å². The van der Waals surface area contributed by atoms with E-state index in [0.717, 1.165) is 24.5 Å². The van der Waals surface area contributed by atoms with Gasteiger partial charge in [0.1, 0.15) is 5.69 Å². The summed E-state index contributed by atoms with van der Waals surface area (Å²) in [5.74, 6) is 1.11. The normalized spacial score (nSPS) is 27.5. The number of nitrogens with one attached hydrogen (secondary N) is 1. The molecule has 2 unspecified atom stereocenters. The van der Waals surface area contributed by atoms with E-state index in [1.54, 1.807) is 12.4 Å². The third-order valence-corrected chi connectivity index (χ3v) is 3.06. The van der Waals surface area contributed by atoms with Gasteiger partial charge in [-0.25, -0.2) is 0 Å². The molecule has 0 saturated heterocycles. The second-order valence-corrected chi connectivity index (χ2v) is 4.27. The van der Waals surface area contributed by atoms with Gasteiger partial charge in [-0.05, 0) is 18.8 Å². The highest BCUT2D eigenvalue weighted by atomic mass is 16.1. The molecule has 3 nitrogen and oxygen atoms in total. The van der Waals surface area contributed by atoms with E-state index in [-0.39, 0.29) is 5.56 Å². The van der Waals surface area contributed by atoms with Gasteiger partial charge in [0, 0.05) is 18.3 Å². The Morgan fingerprint density at radius 1 is 1.50 bits per heavy atom. The molecule has 0 radical (unpaired) electrons. The van der Waals surface area contributed by atoms with Gasteiger partial charge in [0.2, 0.25) is 0 Å². The Morgan fingerprint density at radius 3 is 3.07 bits per heavy atom. The molecule has 2 rings (SSSR count). The molecule has 1 aliphatic carbocycles. The molecule has 1 aromatic heterocycles. The summed E-state index contributed by atoms with van der Waals surface area (Å²) in [5.41, 5.74) is 0.727. The topological polar surface area (TPSA) is 45.8 Å². The molecule has 76 valence electrons. The summed E-state index contributed by atoms with van der Waals surface area (Å²) in [7, 11) is 0. The smallest absolute Gasteiger partial charge is 0.269 e. The Hall–Kier alpha value is -1.12. The number of nitrogens with zero attached hydrogens (tertiary/aromatic N) is 1. The second kappa shape index (κ2) is 3.95. The lowest BCUT2D eigenvalue weighted by atomic mass is 9.81. The molecule has 1 fully saturated rings. The van der Waals surface area contributed by atoms with Crippen molar-refractivity contribution >= 4 is 0 Å². The van der Waals surface area contributed by atoms with Gasteiger partial charge in [-0.2, -0.15) is 0 Å². The molecule has 0 aliphatic heterocycles. The first kappa shape index (κ1) is 9.44. The molecule has 0 spiro atoms. The number of aromatic nitrogens is 2. The van der Waals surface area contributed by atoms with Crippen LogP contribution in [0.2, 0.25) is 0 Å². The van der Waals surface area contributed by atoms with Gasteiger partial charge in [0.15, 0.2) is 0 Å². The largest absolute Gasteiger partial charge is 0.326 e. The average Bonchev–Trinajstić information content (AvgIpc) is 2.18. The fourth-order valence-electron chi connectivity index (χ4n) is 2.34. The van der Waals surface area contributed by atoms with E-state index in [4.69, 9.17) is 0 Å². The zero-order valence-electron chi connectivity index (χ0n) is 8.49. The van der Waals surface area contributed by atoms with E-state index in [0.29, 0.717) is 5.92 Å². The summed E-state index contributed by atoms with van der Waals surface area (Å²) < 4.78 is 0. The van der Waals surface area contributed by atoms with Crippen LogP contribution in [0, 0.1) is 5.92 Å². The Balaban J connectivity index is 2.22. The van der Waals surface area contributed by atoms with Crippen LogP contribution in [0.5, 0.6) is 0 Å². The highest BCUT2D eigenvalue weighted by Crippen LogP contribution is 2.33. The van der Waals surface area contributed by atoms with Gasteiger partial charge in [0.05, 0.1) is 0 Å². The third-order valence-electron chi connectivity index (χ3n) is 3.06. The molecule has 1 saturated carbocycles. The lowest BCUT2D eigenvalue weighted by Crippen LogP contribution is -2.21. The van der Waals surface area contributed by atoms with E-state index in [1.807, 2.05) is 0 Å². The molecule has 1 aromatic rings. The van der Waals surface area contributed by atoms with Gasteiger partial charge >= 0.3 is 0 Å². The Bertz CT molecular complexity index is 358. The summed E-state index contributed by atoms with van der Waals surface area (Å²) in [4.78, 5) is 18.4. The monoisotopic (exact) mass is 192 g/mol. The van der Waals surface area contributed by atoms with E-state index in [2.05, 4.69) is 16.9 Å². The van der Waals surface area contributed by atoms with Crippen LogP contribution in [-0.4, -0.2) is 9.97 Å². The minimum Gasteiger partial charge on any atom is -0.326 e. The SMILES string of the molecule is CC1CCCC(c2ncc[nH]c2=O)C1. The van der Waals surface area contributed by atoms with Crippen LogP contribution < -0.4 is 5.56 Å². The maximum Gasteiger partial charge on any atom is 0.269 e. The molecule has 1 N–H and O–H groups in total. The van der Waals surface area contributed by atoms with Crippen LogP contribution in [0.1, 0.15) is 44.2 Å². The first-order valence-electron chi connectivity index (χ1n) is 5.31. The van der Waals surface area contributed by atoms with Gasteiger partial charge in [-0.3, -0.25) is 9.78 Å². The lowest BCUT2D eigenvalue weighted by Gasteiger charge is -2.25. The summed E-state index contributed by atoms with van der Waals surface area (Å²) >= 11 is 0. The molecular formula is C11H16N2O. The quantitative estimate of drug-likeness (QED) is 0.740.